The average molecular weight is 291 g/mol. The fourth-order valence-electron chi connectivity index (χ4n) is 2.06. The van der Waals surface area contributed by atoms with E-state index in [0.29, 0.717) is 12.1 Å². The summed E-state index contributed by atoms with van der Waals surface area (Å²) in [7, 11) is 0. The quantitative estimate of drug-likeness (QED) is 0.634. The van der Waals surface area contributed by atoms with Gasteiger partial charge in [0.25, 0.3) is 0 Å². The van der Waals surface area contributed by atoms with Crippen LogP contribution < -0.4 is 5.73 Å². The molecule has 0 saturated heterocycles. The van der Waals surface area contributed by atoms with E-state index in [-0.39, 0.29) is 11.7 Å². The van der Waals surface area contributed by atoms with Crippen molar-refractivity contribution in [3.05, 3.63) is 57.5 Å². The summed E-state index contributed by atoms with van der Waals surface area (Å²) in [5.74, 6) is -0.452. The van der Waals surface area contributed by atoms with E-state index in [1.54, 1.807) is 17.4 Å². The van der Waals surface area contributed by atoms with E-state index in [2.05, 4.69) is 23.3 Å². The van der Waals surface area contributed by atoms with Crippen LogP contribution in [-0.4, -0.2) is 17.3 Å². The minimum absolute atomic E-state index is 0.105. The van der Waals surface area contributed by atoms with Gasteiger partial charge in [-0.05, 0) is 41.8 Å². The third-order valence-electron chi connectivity index (χ3n) is 3.08. The summed E-state index contributed by atoms with van der Waals surface area (Å²) in [5, 5.41) is 9.47. The van der Waals surface area contributed by atoms with Gasteiger partial charge in [-0.15, -0.1) is 11.3 Å². The van der Waals surface area contributed by atoms with Gasteiger partial charge < -0.3 is 5.73 Å². The van der Waals surface area contributed by atoms with Crippen LogP contribution in [-0.2, 0) is 13.1 Å². The van der Waals surface area contributed by atoms with Gasteiger partial charge in [-0.1, -0.05) is 13.0 Å². The minimum Gasteiger partial charge on any atom is -0.384 e. The normalized spacial score (nSPS) is 10.9. The second-order valence-corrected chi connectivity index (χ2v) is 5.68. The number of thiophene rings is 1. The number of hydrogen-bond acceptors (Lipinski definition) is 3. The SMILES string of the molecule is CCN(Cc1cc(F)cc(C(=N)N)c1)Cc1cccs1. The maximum atomic E-state index is 13.6. The predicted molar refractivity (Wildman–Crippen MR) is 81.5 cm³/mol. The molecule has 3 nitrogen and oxygen atoms in total. The highest BCUT2D eigenvalue weighted by Crippen LogP contribution is 2.16. The molecule has 0 spiro atoms. The molecule has 0 aliphatic heterocycles. The van der Waals surface area contributed by atoms with Crippen molar-refractivity contribution in [3.63, 3.8) is 0 Å². The first-order valence-corrected chi connectivity index (χ1v) is 7.35. The van der Waals surface area contributed by atoms with Crippen LogP contribution in [0.2, 0.25) is 0 Å². The summed E-state index contributed by atoms with van der Waals surface area (Å²) in [6.07, 6.45) is 0. The molecule has 0 aliphatic carbocycles. The topological polar surface area (TPSA) is 53.1 Å². The molecule has 0 radical (unpaired) electrons. The van der Waals surface area contributed by atoms with Crippen LogP contribution >= 0.6 is 11.3 Å². The van der Waals surface area contributed by atoms with Crippen molar-refractivity contribution in [2.75, 3.05) is 6.54 Å². The van der Waals surface area contributed by atoms with Crippen molar-refractivity contribution in [2.45, 2.75) is 20.0 Å². The molecule has 0 aliphatic rings. The van der Waals surface area contributed by atoms with Crippen molar-refractivity contribution in [3.8, 4) is 0 Å². The van der Waals surface area contributed by atoms with E-state index in [9.17, 15) is 4.39 Å². The van der Waals surface area contributed by atoms with Gasteiger partial charge in [0.1, 0.15) is 11.7 Å². The molecule has 2 rings (SSSR count). The molecule has 106 valence electrons. The molecule has 1 heterocycles. The summed E-state index contributed by atoms with van der Waals surface area (Å²) in [6, 6.07) is 8.71. The van der Waals surface area contributed by atoms with Crippen molar-refractivity contribution >= 4 is 17.2 Å². The number of nitrogens with zero attached hydrogens (tertiary/aromatic N) is 1. The maximum absolute atomic E-state index is 13.6. The Morgan fingerprint density at radius 3 is 2.75 bits per heavy atom. The monoisotopic (exact) mass is 291 g/mol. The van der Waals surface area contributed by atoms with E-state index in [1.165, 1.54) is 17.0 Å². The fraction of sp³-hybridized carbons (Fsp3) is 0.267. The van der Waals surface area contributed by atoms with Gasteiger partial charge in [0.05, 0.1) is 0 Å². The Morgan fingerprint density at radius 1 is 1.35 bits per heavy atom. The van der Waals surface area contributed by atoms with Crippen LogP contribution in [0.4, 0.5) is 4.39 Å². The number of nitrogens with one attached hydrogen (secondary N) is 1. The molecular weight excluding hydrogens is 273 g/mol. The Hall–Kier alpha value is -1.72. The summed E-state index contributed by atoms with van der Waals surface area (Å²) in [6.45, 7) is 4.45. The predicted octanol–water partition coefficient (Wildman–Crippen LogP) is 3.19. The molecule has 3 N–H and O–H groups in total. The third-order valence-corrected chi connectivity index (χ3v) is 3.94. The Bertz CT molecular complexity index is 581. The van der Waals surface area contributed by atoms with Crippen LogP contribution in [0.3, 0.4) is 0 Å². The number of nitrogen functional groups attached to an aromatic ring is 1. The second-order valence-electron chi connectivity index (χ2n) is 4.64. The first kappa shape index (κ1) is 14.7. The molecular formula is C15H18FN3S. The summed E-state index contributed by atoms with van der Waals surface area (Å²) in [4.78, 5) is 3.51. The number of amidine groups is 1. The highest BCUT2D eigenvalue weighted by molar-refractivity contribution is 7.09. The van der Waals surface area contributed by atoms with E-state index in [0.717, 1.165) is 18.7 Å². The maximum Gasteiger partial charge on any atom is 0.124 e. The zero-order valence-corrected chi connectivity index (χ0v) is 12.2. The van der Waals surface area contributed by atoms with E-state index < -0.39 is 0 Å². The molecule has 0 bridgehead atoms. The molecule has 5 heteroatoms. The molecule has 1 aromatic heterocycles. The molecule has 20 heavy (non-hydrogen) atoms. The summed E-state index contributed by atoms with van der Waals surface area (Å²) >= 11 is 1.72. The van der Waals surface area contributed by atoms with E-state index in [4.69, 9.17) is 11.1 Å². The van der Waals surface area contributed by atoms with Crippen molar-refractivity contribution in [1.29, 1.82) is 5.41 Å². The molecule has 0 saturated carbocycles. The Kier molecular flexibility index (Phi) is 4.87. The van der Waals surface area contributed by atoms with Crippen LogP contribution in [0.5, 0.6) is 0 Å². The van der Waals surface area contributed by atoms with Gasteiger partial charge in [-0.2, -0.15) is 0 Å². The zero-order valence-electron chi connectivity index (χ0n) is 11.4. The fourth-order valence-corrected chi connectivity index (χ4v) is 2.80. The molecule has 0 atom stereocenters. The lowest BCUT2D eigenvalue weighted by molar-refractivity contribution is 0.273. The Labute approximate surface area is 122 Å². The number of halogens is 1. The van der Waals surface area contributed by atoms with Gasteiger partial charge in [-0.25, -0.2) is 4.39 Å². The first-order chi connectivity index (χ1) is 9.58. The molecule has 0 unspecified atom stereocenters. The lowest BCUT2D eigenvalue weighted by atomic mass is 10.1. The third kappa shape index (κ3) is 3.88. The van der Waals surface area contributed by atoms with Gasteiger partial charge in [0.15, 0.2) is 0 Å². The Balaban J connectivity index is 2.12. The van der Waals surface area contributed by atoms with Gasteiger partial charge in [-0.3, -0.25) is 10.3 Å². The van der Waals surface area contributed by atoms with Crippen LogP contribution in [0.1, 0.15) is 22.9 Å². The van der Waals surface area contributed by atoms with Crippen LogP contribution in [0, 0.1) is 11.2 Å². The first-order valence-electron chi connectivity index (χ1n) is 6.47. The average Bonchev–Trinajstić information content (AvgIpc) is 2.90. The smallest absolute Gasteiger partial charge is 0.124 e. The van der Waals surface area contributed by atoms with E-state index in [1.807, 2.05) is 6.07 Å². The van der Waals surface area contributed by atoms with Crippen molar-refractivity contribution in [1.82, 2.24) is 4.90 Å². The van der Waals surface area contributed by atoms with Crippen LogP contribution in [0.15, 0.2) is 35.7 Å². The highest BCUT2D eigenvalue weighted by Gasteiger charge is 2.09. The molecule has 0 amide bonds. The Morgan fingerprint density at radius 2 is 2.15 bits per heavy atom. The van der Waals surface area contributed by atoms with Crippen molar-refractivity contribution in [2.24, 2.45) is 5.73 Å². The second kappa shape index (κ2) is 6.63. The van der Waals surface area contributed by atoms with Gasteiger partial charge in [0, 0.05) is 23.5 Å². The van der Waals surface area contributed by atoms with Gasteiger partial charge in [0.2, 0.25) is 0 Å². The molecule has 0 fully saturated rings. The summed E-state index contributed by atoms with van der Waals surface area (Å²) < 4.78 is 13.6. The standard InChI is InChI=1S/C15H18FN3S/c1-2-19(10-14-4-3-5-20-14)9-11-6-12(15(17)18)8-13(16)7-11/h3-8H,2,9-10H2,1H3,(H3,17,18). The molecule has 2 aromatic rings. The highest BCUT2D eigenvalue weighted by atomic mass is 32.1. The molecule has 1 aromatic carbocycles. The van der Waals surface area contributed by atoms with Crippen molar-refractivity contribution < 1.29 is 4.39 Å². The minimum atomic E-state index is -0.347. The largest absolute Gasteiger partial charge is 0.384 e. The number of rotatable bonds is 6. The zero-order chi connectivity index (χ0) is 14.5. The van der Waals surface area contributed by atoms with Gasteiger partial charge >= 0.3 is 0 Å². The summed E-state index contributed by atoms with van der Waals surface area (Å²) in [5.41, 5.74) is 6.71. The number of hydrogen-bond donors (Lipinski definition) is 2. The van der Waals surface area contributed by atoms with Crippen LogP contribution in [0.25, 0.3) is 0 Å². The number of nitrogens with two attached hydrogens (primary N) is 1. The number of benzene rings is 1. The lowest BCUT2D eigenvalue weighted by Crippen LogP contribution is -2.22. The van der Waals surface area contributed by atoms with E-state index >= 15 is 0 Å². The lowest BCUT2D eigenvalue weighted by Gasteiger charge is -2.20.